The topological polar surface area (TPSA) is 105 Å². The molecule has 0 bridgehead atoms. The molecule has 1 aliphatic rings. The van der Waals surface area contributed by atoms with Gasteiger partial charge in [0, 0.05) is 33.8 Å². The van der Waals surface area contributed by atoms with E-state index in [2.05, 4.69) is 15.5 Å². The third-order valence-electron chi connectivity index (χ3n) is 5.77. The SMILES string of the molecule is CCN(C1CCCCC1)S(=O)(=O)c1ccc(C(=O)Nc2nnc(-c3cc(Cl)cc(Cl)c3)o2)cc1. The van der Waals surface area contributed by atoms with Gasteiger partial charge in [0.15, 0.2) is 0 Å². The summed E-state index contributed by atoms with van der Waals surface area (Å²) >= 11 is 12.0. The van der Waals surface area contributed by atoms with Gasteiger partial charge in [0.05, 0.1) is 4.90 Å². The zero-order valence-electron chi connectivity index (χ0n) is 18.5. The fourth-order valence-corrected chi connectivity index (χ4v) is 6.36. The van der Waals surface area contributed by atoms with E-state index in [1.165, 1.54) is 24.3 Å². The van der Waals surface area contributed by atoms with Crippen LogP contribution in [-0.4, -0.2) is 41.4 Å². The number of benzene rings is 2. The Balaban J connectivity index is 1.46. The van der Waals surface area contributed by atoms with Gasteiger partial charge in [0.25, 0.3) is 5.91 Å². The van der Waals surface area contributed by atoms with Gasteiger partial charge in [-0.15, -0.1) is 5.10 Å². The van der Waals surface area contributed by atoms with Gasteiger partial charge in [-0.3, -0.25) is 10.1 Å². The molecule has 2 aromatic carbocycles. The lowest BCUT2D eigenvalue weighted by Crippen LogP contribution is -2.41. The van der Waals surface area contributed by atoms with Gasteiger partial charge >= 0.3 is 6.01 Å². The number of amides is 1. The Kier molecular flexibility index (Phi) is 7.57. The molecule has 0 atom stereocenters. The number of nitrogens with zero attached hydrogens (tertiary/aromatic N) is 3. The minimum atomic E-state index is -3.65. The Morgan fingerprint density at radius 3 is 2.32 bits per heavy atom. The first-order valence-corrected chi connectivity index (χ1v) is 13.2. The number of hydrogen-bond acceptors (Lipinski definition) is 6. The highest BCUT2D eigenvalue weighted by Crippen LogP contribution is 2.29. The summed E-state index contributed by atoms with van der Waals surface area (Å²) in [7, 11) is -3.65. The van der Waals surface area contributed by atoms with E-state index in [0.717, 1.165) is 32.1 Å². The molecule has 1 fully saturated rings. The second kappa shape index (κ2) is 10.4. The van der Waals surface area contributed by atoms with Gasteiger partial charge in [-0.25, -0.2) is 8.42 Å². The number of carbonyl (C=O) groups excluding carboxylic acids is 1. The minimum absolute atomic E-state index is 0.0211. The van der Waals surface area contributed by atoms with E-state index in [-0.39, 0.29) is 28.4 Å². The standard InChI is InChI=1S/C23H24Cl2N4O4S/c1-2-29(19-6-4-3-5-7-19)34(31,32)20-10-8-15(9-11-20)21(30)26-23-28-27-22(33-23)16-12-17(24)14-18(25)13-16/h8-14,19H,2-7H2,1H3,(H,26,28,30). The largest absolute Gasteiger partial charge is 0.403 e. The molecule has 0 aliphatic heterocycles. The molecular weight excluding hydrogens is 499 g/mol. The smallest absolute Gasteiger partial charge is 0.322 e. The van der Waals surface area contributed by atoms with Crippen LogP contribution in [-0.2, 0) is 10.0 Å². The number of aromatic nitrogens is 2. The number of nitrogens with one attached hydrogen (secondary N) is 1. The van der Waals surface area contributed by atoms with Crippen molar-refractivity contribution in [3.63, 3.8) is 0 Å². The van der Waals surface area contributed by atoms with Gasteiger partial charge in [-0.1, -0.05) is 54.5 Å². The van der Waals surface area contributed by atoms with Crippen molar-refractivity contribution in [2.75, 3.05) is 11.9 Å². The molecule has 0 saturated heterocycles. The van der Waals surface area contributed by atoms with Crippen molar-refractivity contribution in [1.29, 1.82) is 0 Å². The summed E-state index contributed by atoms with van der Waals surface area (Å²) in [5, 5.41) is 11.1. The van der Waals surface area contributed by atoms with Gasteiger partial charge in [0.2, 0.25) is 15.9 Å². The second-order valence-corrected chi connectivity index (χ2v) is 10.8. The summed E-state index contributed by atoms with van der Waals surface area (Å²) in [6.45, 7) is 2.26. The molecule has 1 heterocycles. The third-order valence-corrected chi connectivity index (χ3v) is 8.25. The predicted molar refractivity (Wildman–Crippen MR) is 131 cm³/mol. The molecule has 4 rings (SSSR count). The Hall–Kier alpha value is -2.46. The zero-order chi connectivity index (χ0) is 24.3. The lowest BCUT2D eigenvalue weighted by Gasteiger charge is -2.32. The average Bonchev–Trinajstić information content (AvgIpc) is 3.28. The summed E-state index contributed by atoms with van der Waals surface area (Å²) in [6, 6.07) is 10.5. The number of hydrogen-bond donors (Lipinski definition) is 1. The summed E-state index contributed by atoms with van der Waals surface area (Å²) in [5.41, 5.74) is 0.767. The van der Waals surface area contributed by atoms with Crippen molar-refractivity contribution in [2.24, 2.45) is 0 Å². The van der Waals surface area contributed by atoms with Gasteiger partial charge in [-0.2, -0.15) is 4.31 Å². The van der Waals surface area contributed by atoms with Crippen LogP contribution >= 0.6 is 23.2 Å². The Morgan fingerprint density at radius 1 is 1.06 bits per heavy atom. The maximum atomic E-state index is 13.2. The van der Waals surface area contributed by atoms with Crippen molar-refractivity contribution in [3.05, 3.63) is 58.1 Å². The Labute approximate surface area is 208 Å². The van der Waals surface area contributed by atoms with Crippen LogP contribution in [0, 0.1) is 0 Å². The van der Waals surface area contributed by atoms with Crippen molar-refractivity contribution >= 4 is 45.1 Å². The fourth-order valence-electron chi connectivity index (χ4n) is 4.14. The predicted octanol–water partition coefficient (Wildman–Crippen LogP) is 5.64. The van der Waals surface area contributed by atoms with Crippen LogP contribution in [0.5, 0.6) is 0 Å². The van der Waals surface area contributed by atoms with E-state index in [0.29, 0.717) is 22.2 Å². The number of carbonyl (C=O) groups is 1. The van der Waals surface area contributed by atoms with E-state index >= 15 is 0 Å². The molecule has 3 aromatic rings. The van der Waals surface area contributed by atoms with E-state index < -0.39 is 15.9 Å². The van der Waals surface area contributed by atoms with Gasteiger partial charge in [-0.05, 0) is 55.3 Å². The summed E-state index contributed by atoms with van der Waals surface area (Å²) in [5.74, 6) is -0.369. The van der Waals surface area contributed by atoms with Crippen LogP contribution in [0.2, 0.25) is 10.0 Å². The first kappa shape index (κ1) is 24.7. The summed E-state index contributed by atoms with van der Waals surface area (Å²) in [4.78, 5) is 12.8. The monoisotopic (exact) mass is 522 g/mol. The molecule has 1 N–H and O–H groups in total. The highest BCUT2D eigenvalue weighted by molar-refractivity contribution is 7.89. The van der Waals surface area contributed by atoms with Crippen molar-refractivity contribution < 1.29 is 17.6 Å². The molecule has 1 aliphatic carbocycles. The molecule has 11 heteroatoms. The molecule has 1 amide bonds. The van der Waals surface area contributed by atoms with Crippen molar-refractivity contribution in [2.45, 2.75) is 50.0 Å². The van der Waals surface area contributed by atoms with Gasteiger partial charge < -0.3 is 4.42 Å². The summed E-state index contributed by atoms with van der Waals surface area (Å²) < 4.78 is 33.4. The van der Waals surface area contributed by atoms with Crippen LogP contribution in [0.4, 0.5) is 6.01 Å². The number of halogens is 2. The second-order valence-electron chi connectivity index (χ2n) is 8.05. The Bertz CT molecular complexity index is 1250. The molecule has 180 valence electrons. The van der Waals surface area contributed by atoms with E-state index in [9.17, 15) is 13.2 Å². The van der Waals surface area contributed by atoms with E-state index in [4.69, 9.17) is 27.6 Å². The normalized spacial score (nSPS) is 14.9. The van der Waals surface area contributed by atoms with E-state index in [1.54, 1.807) is 22.5 Å². The molecule has 8 nitrogen and oxygen atoms in total. The first-order chi connectivity index (χ1) is 16.3. The maximum absolute atomic E-state index is 13.2. The van der Waals surface area contributed by atoms with Crippen LogP contribution in [0.15, 0.2) is 51.8 Å². The quantitative estimate of drug-likeness (QED) is 0.430. The lowest BCUT2D eigenvalue weighted by atomic mass is 9.95. The number of sulfonamides is 1. The molecule has 0 radical (unpaired) electrons. The molecule has 0 spiro atoms. The summed E-state index contributed by atoms with van der Waals surface area (Å²) in [6.07, 6.45) is 4.98. The maximum Gasteiger partial charge on any atom is 0.322 e. The lowest BCUT2D eigenvalue weighted by molar-refractivity contribution is 0.102. The average molecular weight is 523 g/mol. The van der Waals surface area contributed by atoms with Crippen LogP contribution < -0.4 is 5.32 Å². The van der Waals surface area contributed by atoms with E-state index in [1.807, 2.05) is 6.92 Å². The highest BCUT2D eigenvalue weighted by atomic mass is 35.5. The van der Waals surface area contributed by atoms with Crippen LogP contribution in [0.3, 0.4) is 0 Å². The number of anilines is 1. The molecule has 34 heavy (non-hydrogen) atoms. The first-order valence-electron chi connectivity index (χ1n) is 11.0. The van der Waals surface area contributed by atoms with Crippen molar-refractivity contribution in [3.8, 4) is 11.5 Å². The number of rotatable bonds is 7. The van der Waals surface area contributed by atoms with Crippen molar-refractivity contribution in [1.82, 2.24) is 14.5 Å². The molecular formula is C23H24Cl2N4O4S. The Morgan fingerprint density at radius 2 is 1.71 bits per heavy atom. The molecule has 0 unspecified atom stereocenters. The third kappa shape index (κ3) is 5.43. The molecule has 1 saturated carbocycles. The highest BCUT2D eigenvalue weighted by Gasteiger charge is 2.31. The molecule has 1 aromatic heterocycles. The zero-order valence-corrected chi connectivity index (χ0v) is 20.8. The minimum Gasteiger partial charge on any atom is -0.403 e. The van der Waals surface area contributed by atoms with Crippen LogP contribution in [0.25, 0.3) is 11.5 Å². The fraction of sp³-hybridized carbons (Fsp3) is 0.348. The van der Waals surface area contributed by atoms with Gasteiger partial charge in [0.1, 0.15) is 0 Å². The van der Waals surface area contributed by atoms with Crippen LogP contribution in [0.1, 0.15) is 49.4 Å².